The summed E-state index contributed by atoms with van der Waals surface area (Å²) < 4.78 is 4.99. The second-order valence-electron chi connectivity index (χ2n) is 5.58. The molecule has 5 nitrogen and oxygen atoms in total. The second kappa shape index (κ2) is 7.49. The van der Waals surface area contributed by atoms with Gasteiger partial charge in [-0.15, -0.1) is 0 Å². The Hall–Kier alpha value is -2.66. The highest BCUT2D eigenvalue weighted by Crippen LogP contribution is 2.29. The van der Waals surface area contributed by atoms with Crippen LogP contribution in [-0.2, 0) is 14.3 Å². The molecule has 0 aliphatic carbocycles. The van der Waals surface area contributed by atoms with Crippen LogP contribution in [0, 0.1) is 0 Å². The van der Waals surface area contributed by atoms with Gasteiger partial charge in [0, 0.05) is 23.1 Å². The predicted molar refractivity (Wildman–Crippen MR) is 97.4 cm³/mol. The lowest BCUT2D eigenvalue weighted by atomic mass is 10.0. The fourth-order valence-corrected chi connectivity index (χ4v) is 2.93. The number of hydrogen-bond donors (Lipinski definition) is 0. The number of carbonyl (C=O) groups excluding carboxylic acids is 2. The smallest absolute Gasteiger partial charge is 0.302 e. The standard InChI is InChI=1S/C19H17ClN2O3/c1-13(23)25-10-9-22-17-8-7-15(20)11-16(17)19(21-12-18(22)24)14-5-3-2-4-6-14/h2-8,11H,9-10,12H2,1H3. The minimum atomic E-state index is -0.375. The maximum Gasteiger partial charge on any atom is 0.302 e. The van der Waals surface area contributed by atoms with Crippen molar-refractivity contribution in [3.05, 3.63) is 64.7 Å². The minimum Gasteiger partial charge on any atom is -0.464 e. The van der Waals surface area contributed by atoms with E-state index in [0.29, 0.717) is 10.7 Å². The molecule has 0 bridgehead atoms. The van der Waals surface area contributed by atoms with Crippen molar-refractivity contribution in [3.63, 3.8) is 0 Å². The topological polar surface area (TPSA) is 59.0 Å². The Balaban J connectivity index is 2.02. The highest BCUT2D eigenvalue weighted by molar-refractivity contribution is 6.32. The maximum absolute atomic E-state index is 12.6. The van der Waals surface area contributed by atoms with Gasteiger partial charge in [-0.1, -0.05) is 41.9 Å². The average molecular weight is 357 g/mol. The van der Waals surface area contributed by atoms with Crippen molar-refractivity contribution < 1.29 is 14.3 Å². The van der Waals surface area contributed by atoms with Crippen molar-refractivity contribution in [2.75, 3.05) is 24.6 Å². The van der Waals surface area contributed by atoms with E-state index in [4.69, 9.17) is 16.3 Å². The minimum absolute atomic E-state index is 0.0244. The van der Waals surface area contributed by atoms with Crippen LogP contribution in [0.15, 0.2) is 53.5 Å². The van der Waals surface area contributed by atoms with Gasteiger partial charge in [-0.2, -0.15) is 0 Å². The molecule has 1 aliphatic rings. The molecule has 2 aromatic carbocycles. The first-order valence-electron chi connectivity index (χ1n) is 7.90. The number of ether oxygens (including phenoxy) is 1. The lowest BCUT2D eigenvalue weighted by molar-refractivity contribution is -0.140. The van der Waals surface area contributed by atoms with Crippen molar-refractivity contribution in [1.29, 1.82) is 0 Å². The number of fused-ring (bicyclic) bond motifs is 1. The number of aliphatic imine (C=N–C) groups is 1. The quantitative estimate of drug-likeness (QED) is 0.791. The molecular weight excluding hydrogens is 340 g/mol. The highest BCUT2D eigenvalue weighted by atomic mass is 35.5. The van der Waals surface area contributed by atoms with Gasteiger partial charge in [-0.25, -0.2) is 0 Å². The summed E-state index contributed by atoms with van der Waals surface area (Å²) in [5, 5.41) is 0.566. The summed E-state index contributed by atoms with van der Waals surface area (Å²) in [6.07, 6.45) is 0. The lowest BCUT2D eigenvalue weighted by Gasteiger charge is -2.23. The number of benzodiazepines with no additional fused rings is 1. The van der Waals surface area contributed by atoms with Crippen LogP contribution in [0.1, 0.15) is 18.1 Å². The number of nitrogens with zero attached hydrogens (tertiary/aromatic N) is 2. The third-order valence-electron chi connectivity index (χ3n) is 3.85. The van der Waals surface area contributed by atoms with E-state index in [0.717, 1.165) is 16.8 Å². The van der Waals surface area contributed by atoms with Gasteiger partial charge in [0.1, 0.15) is 13.2 Å². The Morgan fingerprint density at radius 2 is 2.00 bits per heavy atom. The number of hydrogen-bond acceptors (Lipinski definition) is 4. The Bertz CT molecular complexity index is 834. The first kappa shape index (κ1) is 17.2. The molecule has 128 valence electrons. The summed E-state index contributed by atoms with van der Waals surface area (Å²) in [6, 6.07) is 15.0. The molecule has 0 N–H and O–H groups in total. The van der Waals surface area contributed by atoms with Crippen LogP contribution >= 0.6 is 11.6 Å². The van der Waals surface area contributed by atoms with Gasteiger partial charge in [0.15, 0.2) is 0 Å². The molecule has 0 atom stereocenters. The van der Waals surface area contributed by atoms with E-state index in [-0.39, 0.29) is 31.6 Å². The summed E-state index contributed by atoms with van der Waals surface area (Å²) in [7, 11) is 0. The van der Waals surface area contributed by atoms with Gasteiger partial charge in [0.2, 0.25) is 5.91 Å². The molecule has 0 saturated heterocycles. The lowest BCUT2D eigenvalue weighted by Crippen LogP contribution is -2.35. The number of esters is 1. The number of anilines is 1. The number of rotatable bonds is 4. The van der Waals surface area contributed by atoms with Gasteiger partial charge in [0.05, 0.1) is 17.9 Å². The Kier molecular flexibility index (Phi) is 5.14. The number of amides is 1. The summed E-state index contributed by atoms with van der Waals surface area (Å²) in [5.41, 5.74) is 3.14. The molecule has 3 rings (SSSR count). The molecule has 1 amide bonds. The second-order valence-corrected chi connectivity index (χ2v) is 6.01. The SMILES string of the molecule is CC(=O)OCCN1C(=O)CN=C(c2ccccc2)c2cc(Cl)ccc21. The molecule has 6 heteroatoms. The van der Waals surface area contributed by atoms with Crippen molar-refractivity contribution >= 4 is 34.9 Å². The number of carbonyl (C=O) groups is 2. The van der Waals surface area contributed by atoms with Crippen LogP contribution in [0.25, 0.3) is 0 Å². The van der Waals surface area contributed by atoms with Gasteiger partial charge in [-0.3, -0.25) is 14.6 Å². The first-order valence-corrected chi connectivity index (χ1v) is 8.27. The zero-order chi connectivity index (χ0) is 17.8. The molecule has 0 fully saturated rings. The largest absolute Gasteiger partial charge is 0.464 e. The normalized spacial score (nSPS) is 13.8. The van der Waals surface area contributed by atoms with E-state index in [1.165, 1.54) is 6.92 Å². The van der Waals surface area contributed by atoms with Gasteiger partial charge < -0.3 is 9.64 Å². The third kappa shape index (κ3) is 3.88. The Morgan fingerprint density at radius 1 is 1.24 bits per heavy atom. The van der Waals surface area contributed by atoms with Crippen LogP contribution in [0.3, 0.4) is 0 Å². The zero-order valence-corrected chi connectivity index (χ0v) is 14.5. The highest BCUT2D eigenvalue weighted by Gasteiger charge is 2.25. The zero-order valence-electron chi connectivity index (χ0n) is 13.7. The summed E-state index contributed by atoms with van der Waals surface area (Å²) in [5.74, 6) is -0.526. The number of benzene rings is 2. The molecule has 25 heavy (non-hydrogen) atoms. The molecule has 0 unspecified atom stereocenters. The van der Waals surface area contributed by atoms with E-state index in [1.54, 1.807) is 23.1 Å². The van der Waals surface area contributed by atoms with E-state index < -0.39 is 0 Å². The van der Waals surface area contributed by atoms with Crippen molar-refractivity contribution in [1.82, 2.24) is 0 Å². The van der Waals surface area contributed by atoms with Crippen LogP contribution in [0.5, 0.6) is 0 Å². The van der Waals surface area contributed by atoms with Crippen LogP contribution in [-0.4, -0.2) is 37.3 Å². The Morgan fingerprint density at radius 3 is 2.72 bits per heavy atom. The van der Waals surface area contributed by atoms with Crippen LogP contribution in [0.4, 0.5) is 5.69 Å². The fourth-order valence-electron chi connectivity index (χ4n) is 2.75. The summed E-state index contributed by atoms with van der Waals surface area (Å²) >= 11 is 6.18. The first-order chi connectivity index (χ1) is 12.1. The summed E-state index contributed by atoms with van der Waals surface area (Å²) in [4.78, 5) is 29.7. The molecule has 0 aromatic heterocycles. The maximum atomic E-state index is 12.6. The van der Waals surface area contributed by atoms with E-state index in [2.05, 4.69) is 4.99 Å². The van der Waals surface area contributed by atoms with Gasteiger partial charge in [0.25, 0.3) is 0 Å². The molecular formula is C19H17ClN2O3. The predicted octanol–water partition coefficient (Wildman–Crippen LogP) is 3.09. The average Bonchev–Trinajstić information content (AvgIpc) is 2.72. The fraction of sp³-hybridized carbons (Fsp3) is 0.211. The third-order valence-corrected chi connectivity index (χ3v) is 4.08. The molecule has 2 aromatic rings. The number of halogens is 1. The van der Waals surface area contributed by atoms with Crippen molar-refractivity contribution in [3.8, 4) is 0 Å². The summed E-state index contributed by atoms with van der Waals surface area (Å²) in [6.45, 7) is 1.76. The van der Waals surface area contributed by atoms with E-state index in [1.807, 2.05) is 30.3 Å². The Labute approximate surface area is 150 Å². The van der Waals surface area contributed by atoms with Crippen molar-refractivity contribution in [2.45, 2.75) is 6.92 Å². The van der Waals surface area contributed by atoms with Crippen LogP contribution < -0.4 is 4.90 Å². The molecule has 1 aliphatic heterocycles. The van der Waals surface area contributed by atoms with E-state index in [9.17, 15) is 9.59 Å². The monoisotopic (exact) mass is 356 g/mol. The molecule has 0 saturated carbocycles. The van der Waals surface area contributed by atoms with E-state index >= 15 is 0 Å². The molecule has 0 spiro atoms. The van der Waals surface area contributed by atoms with Crippen molar-refractivity contribution in [2.24, 2.45) is 4.99 Å². The van der Waals surface area contributed by atoms with Gasteiger partial charge >= 0.3 is 5.97 Å². The molecule has 1 heterocycles. The van der Waals surface area contributed by atoms with Gasteiger partial charge in [-0.05, 0) is 18.2 Å². The van der Waals surface area contributed by atoms with Crippen LogP contribution in [0.2, 0.25) is 5.02 Å². The molecule has 0 radical (unpaired) electrons.